The largest absolute Gasteiger partial charge is 0.854 e. The van der Waals surface area contributed by atoms with Gasteiger partial charge in [0, 0.05) is 5.56 Å². The van der Waals surface area contributed by atoms with Crippen molar-refractivity contribution in [2.75, 3.05) is 33.9 Å². The third-order valence-corrected chi connectivity index (χ3v) is 5.89. The Morgan fingerprint density at radius 3 is 2.12 bits per heavy atom. The van der Waals surface area contributed by atoms with Gasteiger partial charge in [-0.3, -0.25) is 0 Å². The molecule has 0 saturated carbocycles. The summed E-state index contributed by atoms with van der Waals surface area (Å²) in [4.78, 5) is 12.8. The predicted octanol–water partition coefficient (Wildman–Crippen LogP) is 3.36. The number of likely N-dealkylation sites (tertiary alicyclic amines) is 1. The number of nitrogens with zero attached hydrogens (tertiary/aromatic N) is 2. The summed E-state index contributed by atoms with van der Waals surface area (Å²) in [6.07, 6.45) is 3.30. The summed E-state index contributed by atoms with van der Waals surface area (Å²) in [6, 6.07) is 14.1. The minimum absolute atomic E-state index is 0.259. The van der Waals surface area contributed by atoms with Crippen LogP contribution in [0.25, 0.3) is 0 Å². The number of methoxy groups -OCH3 is 2. The van der Waals surface area contributed by atoms with E-state index in [0.29, 0.717) is 35.6 Å². The first-order valence-electron chi connectivity index (χ1n) is 11.1. The first-order chi connectivity index (χ1) is 15.5. The average molecular weight is 441 g/mol. The molecule has 32 heavy (non-hydrogen) atoms. The molecular weight excluding hydrogens is 408 g/mol. The minimum Gasteiger partial charge on any atom is -0.854 e. The number of carbonyl (C=O) groups excluding carboxylic acids is 1. The van der Waals surface area contributed by atoms with E-state index in [0.717, 1.165) is 32.4 Å². The Bertz CT molecular complexity index is 937. The van der Waals surface area contributed by atoms with Crippen LogP contribution < -0.4 is 14.6 Å². The van der Waals surface area contributed by atoms with Gasteiger partial charge in [0.15, 0.2) is 6.10 Å². The van der Waals surface area contributed by atoms with Gasteiger partial charge in [0.25, 0.3) is 0 Å². The highest BCUT2D eigenvalue weighted by Crippen LogP contribution is 2.26. The van der Waals surface area contributed by atoms with E-state index in [-0.39, 0.29) is 16.6 Å². The molecule has 0 radical (unpaired) electrons. The van der Waals surface area contributed by atoms with Crippen LogP contribution in [0.15, 0.2) is 53.6 Å². The van der Waals surface area contributed by atoms with E-state index in [9.17, 15) is 9.90 Å². The van der Waals surface area contributed by atoms with Gasteiger partial charge in [-0.25, -0.2) is 4.79 Å². The number of benzene rings is 2. The van der Waals surface area contributed by atoms with Gasteiger partial charge >= 0.3 is 5.97 Å². The van der Waals surface area contributed by atoms with E-state index in [4.69, 9.17) is 14.2 Å². The molecule has 1 aliphatic rings. The fourth-order valence-corrected chi connectivity index (χ4v) is 4.15. The first-order valence-corrected chi connectivity index (χ1v) is 11.1. The average Bonchev–Trinajstić information content (AvgIpc) is 2.83. The molecule has 1 aliphatic heterocycles. The molecule has 1 heterocycles. The van der Waals surface area contributed by atoms with Crippen LogP contribution in [0, 0.1) is 0 Å². The molecular formula is C25H32N2O5. The highest BCUT2D eigenvalue weighted by atomic mass is 16.5. The maximum atomic E-state index is 13.1. The summed E-state index contributed by atoms with van der Waals surface area (Å²) in [6.45, 7) is 3.91. The number of rotatable bonds is 9. The molecule has 2 aromatic rings. The highest BCUT2D eigenvalue weighted by Gasteiger charge is 2.35. The lowest BCUT2D eigenvalue weighted by molar-refractivity contribution is -0.942. The Balaban J connectivity index is 1.84. The fraction of sp³-hybridized carbons (Fsp3) is 0.440. The fourth-order valence-electron chi connectivity index (χ4n) is 4.15. The monoisotopic (exact) mass is 440 g/mol. The summed E-state index contributed by atoms with van der Waals surface area (Å²) in [5, 5.41) is 17.8. The Kier molecular flexibility index (Phi) is 8.11. The number of esters is 1. The van der Waals surface area contributed by atoms with Crippen molar-refractivity contribution in [3.63, 3.8) is 0 Å². The summed E-state index contributed by atoms with van der Waals surface area (Å²) >= 11 is 0. The van der Waals surface area contributed by atoms with Crippen LogP contribution in [0.2, 0.25) is 0 Å². The molecule has 0 aliphatic carbocycles. The number of hydrogen-bond acceptors (Lipinski definition) is 6. The summed E-state index contributed by atoms with van der Waals surface area (Å²) in [5.74, 6) is 0.243. The van der Waals surface area contributed by atoms with Crippen molar-refractivity contribution in [2.45, 2.75) is 38.7 Å². The second-order valence-corrected chi connectivity index (χ2v) is 8.03. The minimum atomic E-state index is -0.430. The SMILES string of the molecule is CCC(C[N+]1(/N=C(\[O-])c2ccccc2OC)CCCCC1)OC(=O)c1ccccc1OC. The highest BCUT2D eigenvalue weighted by molar-refractivity contribution is 5.93. The zero-order chi connectivity index (χ0) is 23.0. The summed E-state index contributed by atoms with van der Waals surface area (Å²) in [7, 11) is 3.07. The van der Waals surface area contributed by atoms with Crippen LogP contribution in [0.1, 0.15) is 48.5 Å². The first kappa shape index (κ1) is 23.6. The quantitative estimate of drug-likeness (QED) is 0.259. The number of hydrogen-bond donors (Lipinski definition) is 0. The maximum Gasteiger partial charge on any atom is 0.342 e. The lowest BCUT2D eigenvalue weighted by Gasteiger charge is -2.38. The molecule has 1 atom stereocenters. The molecule has 0 bridgehead atoms. The molecule has 172 valence electrons. The van der Waals surface area contributed by atoms with Crippen LogP contribution in [0.4, 0.5) is 0 Å². The summed E-state index contributed by atoms with van der Waals surface area (Å²) in [5.41, 5.74) is 0.831. The molecule has 2 aromatic carbocycles. The predicted molar refractivity (Wildman–Crippen MR) is 121 cm³/mol. The standard InChI is InChI=1S/C25H32N2O5/c1-4-19(32-25(29)21-13-7-9-15-23(21)31-3)18-27(16-10-5-11-17-27)26-24(28)20-12-6-8-14-22(20)30-2/h6-9,12-15,19H,4-5,10-11,16-18H2,1-3H3. The van der Waals surface area contributed by atoms with E-state index in [1.54, 1.807) is 43.5 Å². The third-order valence-electron chi connectivity index (χ3n) is 5.89. The lowest BCUT2D eigenvalue weighted by Crippen LogP contribution is -2.53. The molecule has 1 unspecified atom stereocenters. The van der Waals surface area contributed by atoms with Crippen molar-refractivity contribution in [2.24, 2.45) is 5.10 Å². The van der Waals surface area contributed by atoms with Gasteiger partial charge in [-0.15, -0.1) is 0 Å². The Labute approximate surface area is 189 Å². The summed E-state index contributed by atoms with van der Waals surface area (Å²) < 4.78 is 16.8. The molecule has 0 aromatic heterocycles. The topological polar surface area (TPSA) is 80.2 Å². The van der Waals surface area contributed by atoms with Gasteiger partial charge < -0.3 is 19.3 Å². The third kappa shape index (κ3) is 5.59. The second kappa shape index (κ2) is 11.0. The van der Waals surface area contributed by atoms with Gasteiger partial charge in [-0.1, -0.05) is 42.4 Å². The zero-order valence-corrected chi connectivity index (χ0v) is 19.1. The zero-order valence-electron chi connectivity index (χ0n) is 19.1. The van der Waals surface area contributed by atoms with Crippen molar-refractivity contribution in [1.29, 1.82) is 0 Å². The number of para-hydroxylation sites is 2. The normalized spacial score (nSPS) is 16.8. The van der Waals surface area contributed by atoms with Crippen molar-refractivity contribution in [3.8, 4) is 11.5 Å². The van der Waals surface area contributed by atoms with Gasteiger partial charge in [0.2, 0.25) is 0 Å². The van der Waals surface area contributed by atoms with E-state index < -0.39 is 5.97 Å². The Morgan fingerprint density at radius 2 is 1.53 bits per heavy atom. The molecule has 7 heteroatoms. The van der Waals surface area contributed by atoms with Crippen LogP contribution in [-0.2, 0) is 4.74 Å². The second-order valence-electron chi connectivity index (χ2n) is 8.03. The van der Waals surface area contributed by atoms with E-state index in [1.165, 1.54) is 7.11 Å². The molecule has 0 N–H and O–H groups in total. The molecule has 1 saturated heterocycles. The van der Waals surface area contributed by atoms with Crippen molar-refractivity contribution in [1.82, 2.24) is 0 Å². The van der Waals surface area contributed by atoms with Gasteiger partial charge in [-0.05, 0) is 43.9 Å². The van der Waals surface area contributed by atoms with Crippen LogP contribution >= 0.6 is 0 Å². The van der Waals surface area contributed by atoms with Crippen molar-refractivity contribution in [3.05, 3.63) is 59.7 Å². The molecule has 0 spiro atoms. The van der Waals surface area contributed by atoms with Gasteiger partial charge in [-0.2, -0.15) is 4.59 Å². The van der Waals surface area contributed by atoms with Gasteiger partial charge in [0.05, 0.1) is 20.1 Å². The van der Waals surface area contributed by atoms with E-state index in [1.807, 2.05) is 19.1 Å². The maximum absolute atomic E-state index is 13.1. The van der Waals surface area contributed by atoms with E-state index >= 15 is 0 Å². The van der Waals surface area contributed by atoms with Crippen LogP contribution in [-0.4, -0.2) is 56.4 Å². The van der Waals surface area contributed by atoms with Crippen molar-refractivity contribution >= 4 is 11.9 Å². The Hall–Kier alpha value is -3.06. The number of quaternary nitrogens is 1. The van der Waals surface area contributed by atoms with Gasteiger partial charge in [0.1, 0.15) is 36.7 Å². The van der Waals surface area contributed by atoms with Crippen LogP contribution in [0.3, 0.4) is 0 Å². The molecule has 1 fully saturated rings. The lowest BCUT2D eigenvalue weighted by atomic mass is 10.1. The number of ether oxygens (including phenoxy) is 3. The van der Waals surface area contributed by atoms with E-state index in [2.05, 4.69) is 5.10 Å². The Morgan fingerprint density at radius 1 is 0.969 bits per heavy atom. The molecule has 7 nitrogen and oxygen atoms in total. The number of carbonyl (C=O) groups is 1. The van der Waals surface area contributed by atoms with Crippen molar-refractivity contribution < 1.29 is 28.7 Å². The number of piperidine rings is 1. The van der Waals surface area contributed by atoms with Crippen LogP contribution in [0.5, 0.6) is 11.5 Å². The molecule has 3 rings (SSSR count). The molecule has 0 amide bonds. The smallest absolute Gasteiger partial charge is 0.342 e.